The topological polar surface area (TPSA) is 44.3 Å². The van der Waals surface area contributed by atoms with Crippen molar-refractivity contribution < 1.29 is 5.11 Å². The van der Waals surface area contributed by atoms with Crippen molar-refractivity contribution in [2.45, 2.75) is 51.0 Å². The van der Waals surface area contributed by atoms with Crippen molar-refractivity contribution in [2.75, 3.05) is 19.6 Å². The second-order valence-electron chi connectivity index (χ2n) is 6.16. The zero-order valence-electron chi connectivity index (χ0n) is 11.3. The van der Waals surface area contributed by atoms with Crippen molar-refractivity contribution in [1.29, 1.82) is 0 Å². The molecule has 0 radical (unpaired) electrons. The van der Waals surface area contributed by atoms with Gasteiger partial charge in [-0.2, -0.15) is 0 Å². The molecule has 0 unspecified atom stereocenters. The second kappa shape index (κ2) is 5.62. The summed E-state index contributed by atoms with van der Waals surface area (Å²) in [5.41, 5.74) is 2.72. The van der Waals surface area contributed by atoms with Gasteiger partial charge in [-0.1, -0.05) is 12.8 Å². The van der Waals surface area contributed by atoms with Crippen molar-refractivity contribution in [3.8, 4) is 0 Å². The third kappa shape index (κ3) is 2.43. The van der Waals surface area contributed by atoms with Gasteiger partial charge in [0.15, 0.2) is 0 Å². The van der Waals surface area contributed by atoms with E-state index in [4.69, 9.17) is 0 Å². The van der Waals surface area contributed by atoms with Gasteiger partial charge in [0.2, 0.25) is 0 Å². The van der Waals surface area contributed by atoms with E-state index in [9.17, 15) is 5.11 Å². The van der Waals surface area contributed by atoms with Gasteiger partial charge in [-0.3, -0.25) is 0 Å². The van der Waals surface area contributed by atoms with Gasteiger partial charge in [-0.15, -0.1) is 0 Å². The van der Waals surface area contributed by atoms with Crippen molar-refractivity contribution in [3.63, 3.8) is 0 Å². The van der Waals surface area contributed by atoms with Gasteiger partial charge in [0.25, 0.3) is 0 Å². The number of aliphatic hydroxyl groups is 1. The highest BCUT2D eigenvalue weighted by Crippen LogP contribution is 2.39. The molecule has 3 atom stereocenters. The summed E-state index contributed by atoms with van der Waals surface area (Å²) >= 11 is 0. The number of hydrogen-bond acceptors (Lipinski definition) is 3. The fourth-order valence-corrected chi connectivity index (χ4v) is 3.93. The van der Waals surface area contributed by atoms with Crippen LogP contribution >= 0.6 is 0 Å². The predicted octanol–water partition coefficient (Wildman–Crippen LogP) is 1.78. The lowest BCUT2D eigenvalue weighted by Crippen LogP contribution is -2.43. The Balaban J connectivity index is 1.83. The Kier molecular flexibility index (Phi) is 3.90. The zero-order chi connectivity index (χ0) is 12.4. The molecule has 102 valence electrons. The molecule has 0 spiro atoms. The molecule has 3 aliphatic rings. The molecule has 3 rings (SSSR count). The molecule has 3 N–H and O–H groups in total. The van der Waals surface area contributed by atoms with Crippen LogP contribution in [0.4, 0.5) is 0 Å². The molecule has 3 heteroatoms. The van der Waals surface area contributed by atoms with Gasteiger partial charge in [0.1, 0.15) is 0 Å². The molecule has 18 heavy (non-hydrogen) atoms. The lowest BCUT2D eigenvalue weighted by Gasteiger charge is -2.41. The maximum absolute atomic E-state index is 10.6. The molecule has 1 saturated heterocycles. The SMILES string of the molecule is O[C@H]1C2=C(NCCC2)[C@H]2CNCCCCC[C@H]1C2. The third-order valence-electron chi connectivity index (χ3n) is 4.90. The summed E-state index contributed by atoms with van der Waals surface area (Å²) in [5.74, 6) is 1.13. The van der Waals surface area contributed by atoms with Gasteiger partial charge in [0, 0.05) is 24.7 Å². The minimum atomic E-state index is -0.163. The van der Waals surface area contributed by atoms with Gasteiger partial charge in [0.05, 0.1) is 6.10 Å². The fourth-order valence-electron chi connectivity index (χ4n) is 3.93. The monoisotopic (exact) mass is 250 g/mol. The summed E-state index contributed by atoms with van der Waals surface area (Å²) in [7, 11) is 0. The van der Waals surface area contributed by atoms with Crippen LogP contribution in [-0.4, -0.2) is 30.8 Å². The highest BCUT2D eigenvalue weighted by molar-refractivity contribution is 5.26. The molecule has 3 nitrogen and oxygen atoms in total. The maximum Gasteiger partial charge on any atom is 0.0798 e. The minimum absolute atomic E-state index is 0.163. The number of nitrogens with one attached hydrogen (secondary N) is 2. The highest BCUT2D eigenvalue weighted by Gasteiger charge is 2.36. The van der Waals surface area contributed by atoms with Gasteiger partial charge >= 0.3 is 0 Å². The molecule has 0 amide bonds. The lowest BCUT2D eigenvalue weighted by atomic mass is 9.73. The smallest absolute Gasteiger partial charge is 0.0798 e. The van der Waals surface area contributed by atoms with Crippen LogP contribution in [0.3, 0.4) is 0 Å². The molecular weight excluding hydrogens is 224 g/mol. The van der Waals surface area contributed by atoms with Crippen molar-refractivity contribution in [3.05, 3.63) is 11.3 Å². The van der Waals surface area contributed by atoms with Crippen LogP contribution in [0.15, 0.2) is 11.3 Å². The van der Waals surface area contributed by atoms with E-state index in [0.29, 0.717) is 11.8 Å². The molecule has 2 aliphatic heterocycles. The Labute approximate surface area is 110 Å². The minimum Gasteiger partial charge on any atom is -0.388 e. The predicted molar refractivity (Wildman–Crippen MR) is 73.2 cm³/mol. The molecule has 0 aromatic heterocycles. The Bertz CT molecular complexity index is 318. The number of fused-ring (bicyclic) bond motifs is 3. The van der Waals surface area contributed by atoms with E-state index >= 15 is 0 Å². The Morgan fingerprint density at radius 3 is 2.94 bits per heavy atom. The number of hydrogen-bond donors (Lipinski definition) is 3. The molecule has 0 aromatic rings. The first kappa shape index (κ1) is 12.5. The normalized spacial score (nSPS) is 37.7. The van der Waals surface area contributed by atoms with Gasteiger partial charge in [-0.25, -0.2) is 0 Å². The van der Waals surface area contributed by atoms with E-state index in [1.54, 1.807) is 0 Å². The van der Waals surface area contributed by atoms with E-state index in [1.165, 1.54) is 49.8 Å². The van der Waals surface area contributed by atoms with Crippen molar-refractivity contribution in [2.24, 2.45) is 11.8 Å². The summed E-state index contributed by atoms with van der Waals surface area (Å²) in [4.78, 5) is 0. The van der Waals surface area contributed by atoms with Crippen LogP contribution in [0.25, 0.3) is 0 Å². The third-order valence-corrected chi connectivity index (χ3v) is 4.90. The Hall–Kier alpha value is -0.540. The first-order chi connectivity index (χ1) is 8.86. The molecule has 2 bridgehead atoms. The van der Waals surface area contributed by atoms with E-state index in [-0.39, 0.29) is 6.10 Å². The number of rotatable bonds is 0. The summed E-state index contributed by atoms with van der Waals surface area (Å²) < 4.78 is 0. The molecule has 0 aromatic carbocycles. The first-order valence-electron chi connectivity index (χ1n) is 7.72. The molecular formula is C15H26N2O. The molecule has 1 fully saturated rings. The van der Waals surface area contributed by atoms with Crippen LogP contribution in [0.1, 0.15) is 44.9 Å². The summed E-state index contributed by atoms with van der Waals surface area (Å²) in [6, 6.07) is 0. The largest absolute Gasteiger partial charge is 0.388 e. The average Bonchev–Trinajstić information content (AvgIpc) is 2.42. The van der Waals surface area contributed by atoms with Crippen LogP contribution in [-0.2, 0) is 0 Å². The first-order valence-corrected chi connectivity index (χ1v) is 7.72. The van der Waals surface area contributed by atoms with Crippen LogP contribution < -0.4 is 10.6 Å². The second-order valence-corrected chi connectivity index (χ2v) is 6.16. The molecule has 1 aliphatic carbocycles. The van der Waals surface area contributed by atoms with Crippen LogP contribution in [0.5, 0.6) is 0 Å². The van der Waals surface area contributed by atoms with E-state index in [0.717, 1.165) is 26.1 Å². The Morgan fingerprint density at radius 1 is 1.06 bits per heavy atom. The lowest BCUT2D eigenvalue weighted by molar-refractivity contribution is 0.0940. The van der Waals surface area contributed by atoms with Crippen molar-refractivity contribution in [1.82, 2.24) is 10.6 Å². The van der Waals surface area contributed by atoms with Crippen LogP contribution in [0, 0.1) is 11.8 Å². The molecule has 0 saturated carbocycles. The number of aliphatic hydroxyl groups excluding tert-OH is 1. The highest BCUT2D eigenvalue weighted by atomic mass is 16.3. The summed E-state index contributed by atoms with van der Waals surface area (Å²) in [6.07, 6.45) is 8.39. The summed E-state index contributed by atoms with van der Waals surface area (Å²) in [6.45, 7) is 3.34. The van der Waals surface area contributed by atoms with Gasteiger partial charge in [-0.05, 0) is 50.1 Å². The average molecular weight is 250 g/mol. The summed E-state index contributed by atoms with van der Waals surface area (Å²) in [5, 5.41) is 17.7. The Morgan fingerprint density at radius 2 is 2.00 bits per heavy atom. The zero-order valence-corrected chi connectivity index (χ0v) is 11.3. The standard InChI is InChI=1S/C15H26N2O/c18-15-11-5-2-1-3-7-16-10-12(9-11)14-13(15)6-4-8-17-14/h11-12,15-18H,1-10H2/t11-,12+,15+/m0/s1. The van der Waals surface area contributed by atoms with Crippen LogP contribution in [0.2, 0.25) is 0 Å². The maximum atomic E-state index is 10.6. The molecule has 2 heterocycles. The fraction of sp³-hybridized carbons (Fsp3) is 0.867. The quantitative estimate of drug-likeness (QED) is 0.614. The van der Waals surface area contributed by atoms with E-state index < -0.39 is 0 Å². The van der Waals surface area contributed by atoms with Crippen molar-refractivity contribution >= 4 is 0 Å². The van der Waals surface area contributed by atoms with E-state index in [2.05, 4.69) is 10.6 Å². The van der Waals surface area contributed by atoms with E-state index in [1.807, 2.05) is 0 Å². The van der Waals surface area contributed by atoms with Gasteiger partial charge < -0.3 is 15.7 Å².